The second-order valence-electron chi connectivity index (χ2n) is 12.5. The van der Waals surface area contributed by atoms with Gasteiger partial charge in [0.2, 0.25) is 0 Å². The molecule has 12 heteroatoms. The van der Waals surface area contributed by atoms with E-state index in [4.69, 9.17) is 0 Å². The second kappa shape index (κ2) is 10.9. The van der Waals surface area contributed by atoms with Crippen LogP contribution in [0.4, 0.5) is 20.2 Å². The fourth-order valence-electron chi connectivity index (χ4n) is 5.60. The molecule has 0 saturated heterocycles. The third-order valence-corrected chi connectivity index (χ3v) is 8.15. The number of aromatic nitrogens is 1. The maximum absolute atomic E-state index is 14.0. The normalized spacial score (nSPS) is 20.6. The van der Waals surface area contributed by atoms with Crippen molar-refractivity contribution in [1.82, 2.24) is 21.0 Å². The molecule has 2 aliphatic heterocycles. The summed E-state index contributed by atoms with van der Waals surface area (Å²) in [7, 11) is 0. The number of nitrogens with one attached hydrogen (secondary N) is 4. The van der Waals surface area contributed by atoms with Crippen molar-refractivity contribution in [2.75, 3.05) is 17.2 Å². The Morgan fingerprint density at radius 1 is 1.18 bits per heavy atom. The lowest BCUT2D eigenvalue weighted by atomic mass is 9.82. The number of carbonyl (C=O) groups excluding carboxylic acids is 1. The molecular formula is C32H31F2N9O. The molecule has 4 aliphatic rings. The number of benzene rings is 1. The molecule has 6 rings (SSSR count). The van der Waals surface area contributed by atoms with E-state index in [-0.39, 0.29) is 11.3 Å². The third-order valence-electron chi connectivity index (χ3n) is 8.15. The van der Waals surface area contributed by atoms with E-state index < -0.39 is 23.9 Å². The molecule has 1 saturated carbocycles. The van der Waals surface area contributed by atoms with Crippen LogP contribution in [0.1, 0.15) is 44.7 Å². The highest BCUT2D eigenvalue weighted by Crippen LogP contribution is 2.47. The third kappa shape index (κ3) is 5.18. The molecule has 3 heterocycles. The standard InChI is InChI=1S/C32H31F2N9O/c1-31(2,3)17-39-27-19(14-36)15-38-26-18(13-35)11-20(12-24(26)27)40-28(22-5-4-6-23-21(22)7-10-37-29(23)44)25-16-43(42-41-25)32(8-9-32)30(33)34/h4-7,10-12,15-16,23,28,30,40-42H,8-9,17H2,1-3H3,(H,38,39)/t23?,28-/m0/s1. The molecule has 1 amide bonds. The van der Waals surface area contributed by atoms with Crippen molar-refractivity contribution in [2.45, 2.75) is 51.6 Å². The van der Waals surface area contributed by atoms with Gasteiger partial charge in [0.05, 0.1) is 40.0 Å². The van der Waals surface area contributed by atoms with E-state index in [0.717, 1.165) is 11.1 Å². The van der Waals surface area contributed by atoms with Crippen LogP contribution < -0.4 is 21.6 Å². The number of nitrogens with zero attached hydrogens (tertiary/aromatic N) is 5. The van der Waals surface area contributed by atoms with E-state index in [9.17, 15) is 24.1 Å². The molecular weight excluding hydrogens is 564 g/mol. The minimum atomic E-state index is -2.55. The van der Waals surface area contributed by atoms with Crippen molar-refractivity contribution >= 4 is 34.4 Å². The van der Waals surface area contributed by atoms with Crippen LogP contribution in [0.5, 0.6) is 0 Å². The number of anilines is 2. The van der Waals surface area contributed by atoms with Crippen LogP contribution in [-0.2, 0) is 4.79 Å². The summed E-state index contributed by atoms with van der Waals surface area (Å²) in [5, 5.41) is 28.9. The highest BCUT2D eigenvalue weighted by Gasteiger charge is 2.57. The average Bonchev–Trinajstić information content (AvgIpc) is 3.68. The van der Waals surface area contributed by atoms with E-state index in [1.807, 2.05) is 12.1 Å². The smallest absolute Gasteiger partial charge is 0.262 e. The number of rotatable bonds is 8. The molecule has 1 aromatic carbocycles. The first kappa shape index (κ1) is 29.0. The maximum atomic E-state index is 14.0. The molecule has 0 bridgehead atoms. The number of dihydropyridines is 1. The molecule has 2 aromatic rings. The van der Waals surface area contributed by atoms with Crippen LogP contribution >= 0.6 is 0 Å². The fourth-order valence-corrected chi connectivity index (χ4v) is 5.60. The summed E-state index contributed by atoms with van der Waals surface area (Å²) in [6.45, 7) is 6.78. The number of carbonyl (C=O) groups is 1. The zero-order chi connectivity index (χ0) is 31.2. The van der Waals surface area contributed by atoms with Gasteiger partial charge in [0.25, 0.3) is 12.3 Å². The highest BCUT2D eigenvalue weighted by atomic mass is 19.3. The fraction of sp³-hybridized carbons (Fsp3) is 0.344. The molecule has 1 unspecified atom stereocenters. The molecule has 224 valence electrons. The Hall–Kier alpha value is -5.07. The van der Waals surface area contributed by atoms with Gasteiger partial charge < -0.3 is 16.1 Å². The Morgan fingerprint density at radius 3 is 2.64 bits per heavy atom. The van der Waals surface area contributed by atoms with E-state index >= 15 is 0 Å². The summed E-state index contributed by atoms with van der Waals surface area (Å²) >= 11 is 0. The van der Waals surface area contributed by atoms with E-state index in [1.165, 1.54) is 17.4 Å². The number of allylic oxidation sites excluding steroid dienone is 3. The average molecular weight is 596 g/mol. The molecule has 0 spiro atoms. The molecule has 10 nitrogen and oxygen atoms in total. The lowest BCUT2D eigenvalue weighted by Gasteiger charge is -2.30. The second-order valence-corrected chi connectivity index (χ2v) is 12.5. The van der Waals surface area contributed by atoms with Crippen LogP contribution in [0.25, 0.3) is 10.9 Å². The number of amides is 1. The number of hydrogen-bond donors (Lipinski definition) is 4. The van der Waals surface area contributed by atoms with Gasteiger partial charge in [-0.15, -0.1) is 5.53 Å². The van der Waals surface area contributed by atoms with Gasteiger partial charge in [0.1, 0.15) is 17.7 Å². The van der Waals surface area contributed by atoms with E-state index in [1.54, 1.807) is 30.5 Å². The van der Waals surface area contributed by atoms with Crippen molar-refractivity contribution < 1.29 is 13.6 Å². The molecule has 2 aliphatic carbocycles. The SMILES string of the molecule is CC(C)(C)CNc1c(C#N)cnc2c(C#N)cc(N[C@H](C3=CN(C4(C(F)F)CC4)NN3)C3=CC=CC4C(=O)N=CC=C34)cc12. The highest BCUT2D eigenvalue weighted by molar-refractivity contribution is 6.00. The van der Waals surface area contributed by atoms with Crippen LogP contribution in [0.15, 0.2) is 70.7 Å². The number of halogens is 2. The Kier molecular flexibility index (Phi) is 7.18. The predicted octanol–water partition coefficient (Wildman–Crippen LogP) is 4.83. The topological polar surface area (TPSA) is 141 Å². The largest absolute Gasteiger partial charge is 0.383 e. The Bertz CT molecular complexity index is 1780. The van der Waals surface area contributed by atoms with Crippen LogP contribution in [0.2, 0.25) is 0 Å². The van der Waals surface area contributed by atoms with E-state index in [0.29, 0.717) is 58.5 Å². The van der Waals surface area contributed by atoms with Crippen molar-refractivity contribution in [3.63, 3.8) is 0 Å². The summed E-state index contributed by atoms with van der Waals surface area (Å²) in [6, 6.07) is 7.26. The number of hydrazine groups is 2. The van der Waals surface area contributed by atoms with Crippen LogP contribution in [0, 0.1) is 34.0 Å². The number of pyridine rings is 1. The summed E-state index contributed by atoms with van der Waals surface area (Å²) in [5.74, 6) is -0.874. The van der Waals surface area contributed by atoms with Gasteiger partial charge in [-0.2, -0.15) is 10.5 Å². The summed E-state index contributed by atoms with van der Waals surface area (Å²) in [6.07, 6.45) is 9.89. The van der Waals surface area contributed by atoms with Crippen LogP contribution in [0.3, 0.4) is 0 Å². The van der Waals surface area contributed by atoms with Gasteiger partial charge in [-0.1, -0.05) is 39.0 Å². The van der Waals surface area contributed by atoms with Gasteiger partial charge in [0.15, 0.2) is 0 Å². The van der Waals surface area contributed by atoms with Gasteiger partial charge in [-0.3, -0.25) is 14.8 Å². The molecule has 0 radical (unpaired) electrons. The quantitative estimate of drug-likeness (QED) is 0.338. The van der Waals surface area contributed by atoms with Crippen molar-refractivity contribution in [1.29, 1.82) is 10.5 Å². The number of nitriles is 2. The van der Waals surface area contributed by atoms with Crippen molar-refractivity contribution in [2.24, 2.45) is 16.3 Å². The van der Waals surface area contributed by atoms with Gasteiger partial charge in [-0.05, 0) is 47.6 Å². The molecule has 1 aromatic heterocycles. The first-order valence-corrected chi connectivity index (χ1v) is 14.3. The lowest BCUT2D eigenvalue weighted by molar-refractivity contribution is -0.119. The van der Waals surface area contributed by atoms with Gasteiger partial charge >= 0.3 is 0 Å². The number of fused-ring (bicyclic) bond motifs is 2. The summed E-state index contributed by atoms with van der Waals surface area (Å²) in [4.78, 5) is 21.0. The van der Waals surface area contributed by atoms with Gasteiger partial charge in [0, 0.05) is 36.2 Å². The van der Waals surface area contributed by atoms with Gasteiger partial charge in [-0.25, -0.2) is 13.8 Å². The molecule has 2 atom stereocenters. The maximum Gasteiger partial charge on any atom is 0.262 e. The minimum absolute atomic E-state index is 0.0933. The lowest BCUT2D eigenvalue weighted by Crippen LogP contribution is -2.48. The first-order valence-electron chi connectivity index (χ1n) is 14.3. The molecule has 44 heavy (non-hydrogen) atoms. The summed E-state index contributed by atoms with van der Waals surface area (Å²) in [5.41, 5.74) is 8.75. The minimum Gasteiger partial charge on any atom is -0.383 e. The number of aliphatic imine (C=N–C) groups is 1. The number of alkyl halides is 2. The molecule has 4 N–H and O–H groups in total. The Morgan fingerprint density at radius 2 is 1.95 bits per heavy atom. The summed E-state index contributed by atoms with van der Waals surface area (Å²) < 4.78 is 28.0. The monoisotopic (exact) mass is 595 g/mol. The zero-order valence-corrected chi connectivity index (χ0v) is 24.4. The van der Waals surface area contributed by atoms with E-state index in [2.05, 4.69) is 64.5 Å². The van der Waals surface area contributed by atoms with Crippen LogP contribution in [-0.4, -0.2) is 46.7 Å². The van der Waals surface area contributed by atoms with Crippen molar-refractivity contribution in [3.05, 3.63) is 76.8 Å². The molecule has 1 fully saturated rings. The zero-order valence-electron chi connectivity index (χ0n) is 24.4. The Labute approximate surface area is 253 Å². The number of hydrogen-bond acceptors (Lipinski definition) is 9. The first-order chi connectivity index (χ1) is 21.0. The Balaban J connectivity index is 1.46. The van der Waals surface area contributed by atoms with Crippen molar-refractivity contribution in [3.8, 4) is 12.1 Å². The predicted molar refractivity (Wildman–Crippen MR) is 163 cm³/mol.